The molecular formula is C13H15N3O. The van der Waals surface area contributed by atoms with Crippen LogP contribution in [-0.2, 0) is 0 Å². The van der Waals surface area contributed by atoms with E-state index in [0.29, 0.717) is 5.69 Å². The molecule has 88 valence electrons. The number of benzene rings is 1. The maximum Gasteiger partial charge on any atom is 0.264 e. The van der Waals surface area contributed by atoms with Gasteiger partial charge in [0.2, 0.25) is 0 Å². The normalized spacial score (nSPS) is 10.8. The third kappa shape index (κ3) is 2.36. The quantitative estimate of drug-likeness (QED) is 0.775. The molecule has 0 unspecified atom stereocenters. The number of aromatic nitrogens is 2. The van der Waals surface area contributed by atoms with Gasteiger partial charge in [-0.2, -0.15) is 5.10 Å². The van der Waals surface area contributed by atoms with Crippen molar-refractivity contribution in [3.8, 4) is 11.1 Å². The SMILES string of the molecule is CC(C)c1n[nH]c(=O)cc1-c1cccc(N)c1. The fraction of sp³-hybridized carbons (Fsp3) is 0.231. The highest BCUT2D eigenvalue weighted by molar-refractivity contribution is 5.69. The summed E-state index contributed by atoms with van der Waals surface area (Å²) in [5.41, 5.74) is 8.87. The van der Waals surface area contributed by atoms with Gasteiger partial charge in [-0.25, -0.2) is 5.10 Å². The van der Waals surface area contributed by atoms with Gasteiger partial charge in [0, 0.05) is 17.3 Å². The fourth-order valence-electron chi connectivity index (χ4n) is 1.79. The first-order valence-electron chi connectivity index (χ1n) is 5.53. The van der Waals surface area contributed by atoms with Crippen LogP contribution < -0.4 is 11.3 Å². The lowest BCUT2D eigenvalue weighted by molar-refractivity contribution is 0.780. The molecule has 0 aliphatic heterocycles. The second kappa shape index (κ2) is 4.41. The number of nitrogen functional groups attached to an aromatic ring is 1. The highest BCUT2D eigenvalue weighted by Gasteiger charge is 2.11. The Balaban J connectivity index is 2.65. The molecule has 1 heterocycles. The van der Waals surface area contributed by atoms with Crippen LogP contribution in [0.15, 0.2) is 35.1 Å². The van der Waals surface area contributed by atoms with E-state index in [2.05, 4.69) is 10.2 Å². The maximum absolute atomic E-state index is 11.4. The summed E-state index contributed by atoms with van der Waals surface area (Å²) in [6.45, 7) is 4.08. The first kappa shape index (κ1) is 11.4. The molecule has 0 aliphatic carbocycles. The molecule has 0 saturated carbocycles. The van der Waals surface area contributed by atoms with Crippen LogP contribution in [0.25, 0.3) is 11.1 Å². The summed E-state index contributed by atoms with van der Waals surface area (Å²) in [5, 5.41) is 6.57. The summed E-state index contributed by atoms with van der Waals surface area (Å²) < 4.78 is 0. The van der Waals surface area contributed by atoms with Crippen molar-refractivity contribution in [1.82, 2.24) is 10.2 Å². The van der Waals surface area contributed by atoms with Gasteiger partial charge in [0.25, 0.3) is 5.56 Å². The first-order chi connectivity index (χ1) is 8.08. The fourth-order valence-corrected chi connectivity index (χ4v) is 1.79. The number of rotatable bonds is 2. The zero-order chi connectivity index (χ0) is 12.4. The zero-order valence-corrected chi connectivity index (χ0v) is 9.90. The predicted octanol–water partition coefficient (Wildman–Crippen LogP) is 2.14. The molecule has 4 nitrogen and oxygen atoms in total. The molecule has 0 amide bonds. The van der Waals surface area contributed by atoms with Crippen LogP contribution in [0.4, 0.5) is 5.69 Å². The molecular weight excluding hydrogens is 214 g/mol. The van der Waals surface area contributed by atoms with E-state index in [-0.39, 0.29) is 11.5 Å². The van der Waals surface area contributed by atoms with Crippen LogP contribution in [0, 0.1) is 0 Å². The van der Waals surface area contributed by atoms with Gasteiger partial charge in [-0.1, -0.05) is 26.0 Å². The maximum atomic E-state index is 11.4. The summed E-state index contributed by atoms with van der Waals surface area (Å²) >= 11 is 0. The molecule has 0 radical (unpaired) electrons. The van der Waals surface area contributed by atoms with Crippen LogP contribution >= 0.6 is 0 Å². The topological polar surface area (TPSA) is 71.8 Å². The van der Waals surface area contributed by atoms with Crippen molar-refractivity contribution in [1.29, 1.82) is 0 Å². The van der Waals surface area contributed by atoms with Gasteiger partial charge in [-0.05, 0) is 23.6 Å². The van der Waals surface area contributed by atoms with Gasteiger partial charge < -0.3 is 5.73 Å². The van der Waals surface area contributed by atoms with Crippen LogP contribution in [0.1, 0.15) is 25.5 Å². The van der Waals surface area contributed by atoms with Crippen LogP contribution in [0.2, 0.25) is 0 Å². The Bertz CT molecular complexity index is 587. The molecule has 2 rings (SSSR count). The molecule has 17 heavy (non-hydrogen) atoms. The molecule has 0 saturated heterocycles. The van der Waals surface area contributed by atoms with Gasteiger partial charge >= 0.3 is 0 Å². The molecule has 0 aliphatic rings. The van der Waals surface area contributed by atoms with Crippen LogP contribution in [0.5, 0.6) is 0 Å². The highest BCUT2D eigenvalue weighted by atomic mass is 16.1. The van der Waals surface area contributed by atoms with Crippen molar-refractivity contribution < 1.29 is 0 Å². The predicted molar refractivity (Wildman–Crippen MR) is 68.8 cm³/mol. The van der Waals surface area contributed by atoms with Crippen molar-refractivity contribution in [3.05, 3.63) is 46.4 Å². The number of nitrogens with zero attached hydrogens (tertiary/aromatic N) is 1. The Kier molecular flexibility index (Phi) is 2.95. The van der Waals surface area contributed by atoms with Gasteiger partial charge in [-0.15, -0.1) is 0 Å². The third-order valence-corrected chi connectivity index (χ3v) is 2.58. The van der Waals surface area contributed by atoms with Crippen LogP contribution in [-0.4, -0.2) is 10.2 Å². The lowest BCUT2D eigenvalue weighted by Crippen LogP contribution is -2.11. The van der Waals surface area contributed by atoms with Gasteiger partial charge in [0.1, 0.15) is 0 Å². The van der Waals surface area contributed by atoms with Crippen molar-refractivity contribution in [2.75, 3.05) is 5.73 Å². The Morgan fingerprint density at radius 3 is 2.71 bits per heavy atom. The van der Waals surface area contributed by atoms with Gasteiger partial charge in [0.05, 0.1) is 5.69 Å². The second-order valence-corrected chi connectivity index (χ2v) is 4.31. The minimum absolute atomic E-state index is 0.202. The molecule has 0 atom stereocenters. The number of hydrogen-bond acceptors (Lipinski definition) is 3. The molecule has 4 heteroatoms. The van der Waals surface area contributed by atoms with Crippen molar-refractivity contribution in [2.24, 2.45) is 0 Å². The summed E-state index contributed by atoms with van der Waals surface area (Å²) in [5.74, 6) is 0.239. The summed E-state index contributed by atoms with van der Waals surface area (Å²) in [6.07, 6.45) is 0. The van der Waals surface area contributed by atoms with E-state index in [1.165, 1.54) is 0 Å². The van der Waals surface area contributed by atoms with E-state index in [4.69, 9.17) is 5.73 Å². The average Bonchev–Trinajstić information content (AvgIpc) is 2.28. The molecule has 3 N–H and O–H groups in total. The molecule has 0 fully saturated rings. The van der Waals surface area contributed by atoms with Gasteiger partial charge in [-0.3, -0.25) is 4.79 Å². The molecule has 1 aromatic heterocycles. The van der Waals surface area contributed by atoms with E-state index in [1.807, 2.05) is 38.1 Å². The minimum Gasteiger partial charge on any atom is -0.399 e. The Morgan fingerprint density at radius 2 is 2.06 bits per heavy atom. The first-order valence-corrected chi connectivity index (χ1v) is 5.53. The Hall–Kier alpha value is -2.10. The lowest BCUT2D eigenvalue weighted by Gasteiger charge is -2.10. The minimum atomic E-state index is -0.202. The second-order valence-electron chi connectivity index (χ2n) is 4.31. The van der Waals surface area contributed by atoms with Crippen molar-refractivity contribution in [2.45, 2.75) is 19.8 Å². The summed E-state index contributed by atoms with van der Waals surface area (Å²) in [4.78, 5) is 11.4. The number of H-pyrrole nitrogens is 1. The van der Waals surface area contributed by atoms with E-state index in [9.17, 15) is 4.79 Å². The number of anilines is 1. The standard InChI is InChI=1S/C13H15N3O/c1-8(2)13-11(7-12(17)15-16-13)9-4-3-5-10(14)6-9/h3-8H,14H2,1-2H3,(H,15,17). The van der Waals surface area contributed by atoms with E-state index in [1.54, 1.807) is 6.07 Å². The number of nitrogens with two attached hydrogens (primary N) is 1. The largest absolute Gasteiger partial charge is 0.399 e. The van der Waals surface area contributed by atoms with E-state index in [0.717, 1.165) is 16.8 Å². The Morgan fingerprint density at radius 1 is 1.29 bits per heavy atom. The lowest BCUT2D eigenvalue weighted by atomic mass is 9.98. The highest BCUT2D eigenvalue weighted by Crippen LogP contribution is 2.26. The summed E-state index contributed by atoms with van der Waals surface area (Å²) in [6, 6.07) is 9.03. The average molecular weight is 229 g/mol. The van der Waals surface area contributed by atoms with E-state index < -0.39 is 0 Å². The van der Waals surface area contributed by atoms with E-state index >= 15 is 0 Å². The number of nitrogens with one attached hydrogen (secondary N) is 1. The van der Waals surface area contributed by atoms with Gasteiger partial charge in [0.15, 0.2) is 0 Å². The van der Waals surface area contributed by atoms with Crippen molar-refractivity contribution in [3.63, 3.8) is 0 Å². The van der Waals surface area contributed by atoms with Crippen molar-refractivity contribution >= 4 is 5.69 Å². The molecule has 2 aromatic rings. The zero-order valence-electron chi connectivity index (χ0n) is 9.90. The third-order valence-electron chi connectivity index (χ3n) is 2.58. The van der Waals surface area contributed by atoms with Crippen LogP contribution in [0.3, 0.4) is 0 Å². The molecule has 0 bridgehead atoms. The Labute approximate surface area is 99.5 Å². The number of aromatic amines is 1. The summed E-state index contributed by atoms with van der Waals surface area (Å²) in [7, 11) is 0. The smallest absolute Gasteiger partial charge is 0.264 e. The monoisotopic (exact) mass is 229 g/mol. The number of hydrogen-bond donors (Lipinski definition) is 2. The molecule has 0 spiro atoms. The molecule has 1 aromatic carbocycles.